The topological polar surface area (TPSA) is 71.8 Å². The first-order chi connectivity index (χ1) is 16.2. The van der Waals surface area contributed by atoms with Crippen LogP contribution in [0.15, 0.2) is 77.7 Å². The summed E-state index contributed by atoms with van der Waals surface area (Å²) in [6, 6.07) is 21.3. The maximum atomic E-state index is 13.0. The summed E-state index contributed by atoms with van der Waals surface area (Å²) in [5.74, 6) is 0. The highest BCUT2D eigenvalue weighted by molar-refractivity contribution is 5.69. The van der Waals surface area contributed by atoms with E-state index in [1.807, 2.05) is 60.7 Å². The number of cyclic esters (lactones) is 1. The van der Waals surface area contributed by atoms with Gasteiger partial charge in [0.25, 0.3) is 5.56 Å². The zero-order valence-electron chi connectivity index (χ0n) is 20.0. The van der Waals surface area contributed by atoms with Crippen LogP contribution in [0.2, 0.25) is 0 Å². The highest BCUT2D eigenvalue weighted by atomic mass is 16.6. The summed E-state index contributed by atoms with van der Waals surface area (Å²) in [6.45, 7) is 4.61. The Kier molecular flexibility index (Phi) is 6.62. The lowest BCUT2D eigenvalue weighted by Gasteiger charge is -2.44. The van der Waals surface area contributed by atoms with Crippen molar-refractivity contribution in [2.24, 2.45) is 7.05 Å². The van der Waals surface area contributed by atoms with E-state index in [9.17, 15) is 14.7 Å². The predicted octanol–water partition coefficient (Wildman–Crippen LogP) is 4.49. The minimum Gasteiger partial charge on any atom is -0.438 e. The molecule has 1 saturated heterocycles. The van der Waals surface area contributed by atoms with Gasteiger partial charge in [-0.1, -0.05) is 54.6 Å². The number of hydrogen-bond donors (Lipinski definition) is 1. The van der Waals surface area contributed by atoms with Crippen molar-refractivity contribution in [2.45, 2.75) is 44.3 Å². The molecule has 0 radical (unpaired) electrons. The smallest absolute Gasteiger partial charge is 0.410 e. The largest absolute Gasteiger partial charge is 0.438 e. The van der Waals surface area contributed by atoms with E-state index in [1.54, 1.807) is 42.6 Å². The van der Waals surface area contributed by atoms with Gasteiger partial charge in [0, 0.05) is 45.2 Å². The molecule has 1 aliphatic heterocycles. The molecule has 1 fully saturated rings. The van der Waals surface area contributed by atoms with Crippen LogP contribution in [0.1, 0.15) is 37.8 Å². The highest BCUT2D eigenvalue weighted by Gasteiger charge is 2.45. The Bertz CT molecular complexity index is 1200. The first-order valence-corrected chi connectivity index (χ1v) is 11.7. The van der Waals surface area contributed by atoms with Gasteiger partial charge in [-0.25, -0.2) is 4.79 Å². The maximum absolute atomic E-state index is 13.0. The van der Waals surface area contributed by atoms with E-state index in [0.29, 0.717) is 32.4 Å². The summed E-state index contributed by atoms with van der Waals surface area (Å²) < 4.78 is 7.58. The normalized spacial score (nSPS) is 18.6. The quantitative estimate of drug-likeness (QED) is 0.564. The van der Waals surface area contributed by atoms with E-state index in [0.717, 1.165) is 22.3 Å². The number of hydrogen-bond acceptors (Lipinski definition) is 4. The van der Waals surface area contributed by atoms with Crippen LogP contribution in [0, 0.1) is 0 Å². The van der Waals surface area contributed by atoms with Crippen LogP contribution in [-0.4, -0.2) is 39.4 Å². The van der Waals surface area contributed by atoms with Crippen molar-refractivity contribution in [1.29, 1.82) is 0 Å². The van der Waals surface area contributed by atoms with Gasteiger partial charge in [-0.3, -0.25) is 4.79 Å². The standard InChI is InChI=1S/C28H32N2O4/c1-27(2,33)20-28(24-7-5-4-6-8-24)15-18-30(26(32)34-28)17-13-21-9-11-22(12-10-21)23-14-16-29(3)25(31)19-23/h4-12,14,16,19,33H,13,15,17-18,20H2,1-3H3/t28-/m0/s1. The fraction of sp³-hybridized carbons (Fsp3) is 0.357. The van der Waals surface area contributed by atoms with Gasteiger partial charge in [0.2, 0.25) is 0 Å². The predicted molar refractivity (Wildman–Crippen MR) is 133 cm³/mol. The van der Waals surface area contributed by atoms with Gasteiger partial charge in [0.05, 0.1) is 5.60 Å². The molecule has 6 heteroatoms. The second-order valence-electron chi connectivity index (χ2n) is 9.77. The first-order valence-electron chi connectivity index (χ1n) is 11.7. The third-order valence-electron chi connectivity index (χ3n) is 6.41. The molecule has 0 bridgehead atoms. The molecule has 1 aliphatic rings. The van der Waals surface area contributed by atoms with Gasteiger partial charge in [0.15, 0.2) is 0 Å². The minimum absolute atomic E-state index is 0.0404. The van der Waals surface area contributed by atoms with Crippen molar-refractivity contribution in [3.8, 4) is 11.1 Å². The van der Waals surface area contributed by atoms with Crippen LogP contribution in [0.25, 0.3) is 11.1 Å². The zero-order chi connectivity index (χ0) is 24.3. The average molecular weight is 461 g/mol. The van der Waals surface area contributed by atoms with Crippen molar-refractivity contribution in [3.05, 3.63) is 94.4 Å². The van der Waals surface area contributed by atoms with Crippen molar-refractivity contribution >= 4 is 6.09 Å². The van der Waals surface area contributed by atoms with Gasteiger partial charge in [-0.2, -0.15) is 0 Å². The number of carbonyl (C=O) groups is 1. The van der Waals surface area contributed by atoms with Gasteiger partial charge in [-0.05, 0) is 48.6 Å². The number of benzene rings is 2. The Morgan fingerprint density at radius 2 is 1.71 bits per heavy atom. The fourth-order valence-corrected chi connectivity index (χ4v) is 4.62. The Labute approximate surface area is 200 Å². The number of aromatic nitrogens is 1. The van der Waals surface area contributed by atoms with E-state index in [1.165, 1.54) is 0 Å². The van der Waals surface area contributed by atoms with Gasteiger partial charge in [-0.15, -0.1) is 0 Å². The molecule has 2 aromatic carbocycles. The monoisotopic (exact) mass is 460 g/mol. The number of ether oxygens (including phenoxy) is 1. The van der Waals surface area contributed by atoms with Crippen LogP contribution in [-0.2, 0) is 23.8 Å². The van der Waals surface area contributed by atoms with E-state index in [4.69, 9.17) is 4.74 Å². The van der Waals surface area contributed by atoms with Crippen molar-refractivity contribution < 1.29 is 14.6 Å². The highest BCUT2D eigenvalue weighted by Crippen LogP contribution is 2.40. The molecule has 34 heavy (non-hydrogen) atoms. The summed E-state index contributed by atoms with van der Waals surface area (Å²) in [7, 11) is 1.73. The molecule has 1 N–H and O–H groups in total. The SMILES string of the molecule is Cn1ccc(-c2ccc(CCN3CC[C@](CC(C)(C)O)(c4ccccc4)OC3=O)cc2)cc1=O. The Morgan fingerprint density at radius 1 is 1.00 bits per heavy atom. The molecule has 0 unspecified atom stereocenters. The van der Waals surface area contributed by atoms with Crippen molar-refractivity contribution in [3.63, 3.8) is 0 Å². The number of amides is 1. The van der Waals surface area contributed by atoms with Crippen LogP contribution < -0.4 is 5.56 Å². The molecule has 2 heterocycles. The average Bonchev–Trinajstić information content (AvgIpc) is 2.80. The van der Waals surface area contributed by atoms with E-state index < -0.39 is 11.2 Å². The lowest BCUT2D eigenvalue weighted by molar-refractivity contribution is -0.0960. The molecule has 4 rings (SSSR count). The fourth-order valence-electron chi connectivity index (χ4n) is 4.62. The molecule has 0 saturated carbocycles. The summed E-state index contributed by atoms with van der Waals surface area (Å²) in [5, 5.41) is 10.5. The van der Waals surface area contributed by atoms with Crippen LogP contribution in [0.4, 0.5) is 4.79 Å². The molecule has 1 atom stereocenters. The Balaban J connectivity index is 1.41. The Hall–Kier alpha value is -3.38. The lowest BCUT2D eigenvalue weighted by atomic mass is 9.80. The maximum Gasteiger partial charge on any atom is 0.410 e. The Morgan fingerprint density at radius 3 is 2.32 bits per heavy atom. The second-order valence-corrected chi connectivity index (χ2v) is 9.77. The first kappa shape index (κ1) is 23.8. The van der Waals surface area contributed by atoms with Crippen molar-refractivity contribution in [2.75, 3.05) is 13.1 Å². The molecule has 3 aromatic rings. The van der Waals surface area contributed by atoms with Gasteiger partial charge >= 0.3 is 6.09 Å². The number of carbonyl (C=O) groups excluding carboxylic acids is 1. The van der Waals surface area contributed by atoms with E-state index in [-0.39, 0.29) is 11.7 Å². The molecule has 6 nitrogen and oxygen atoms in total. The molecular formula is C28H32N2O4. The molecule has 178 valence electrons. The van der Waals surface area contributed by atoms with E-state index >= 15 is 0 Å². The number of rotatable bonds is 7. The summed E-state index contributed by atoms with van der Waals surface area (Å²) in [6.07, 6.45) is 3.08. The minimum atomic E-state index is -0.969. The van der Waals surface area contributed by atoms with Crippen molar-refractivity contribution in [1.82, 2.24) is 9.47 Å². The number of aliphatic hydroxyl groups is 1. The summed E-state index contributed by atoms with van der Waals surface area (Å²) >= 11 is 0. The van der Waals surface area contributed by atoms with Crippen LogP contribution in [0.3, 0.4) is 0 Å². The molecule has 1 aromatic heterocycles. The molecular weight excluding hydrogens is 428 g/mol. The zero-order valence-corrected chi connectivity index (χ0v) is 20.0. The molecule has 0 aliphatic carbocycles. The van der Waals surface area contributed by atoms with Crippen LogP contribution >= 0.6 is 0 Å². The third kappa shape index (κ3) is 5.39. The van der Waals surface area contributed by atoms with E-state index in [2.05, 4.69) is 0 Å². The number of nitrogens with zero attached hydrogens (tertiary/aromatic N) is 2. The van der Waals surface area contributed by atoms with Gasteiger partial charge < -0.3 is 19.3 Å². The number of pyridine rings is 1. The van der Waals surface area contributed by atoms with Gasteiger partial charge in [0.1, 0.15) is 5.60 Å². The molecule has 1 amide bonds. The summed E-state index contributed by atoms with van der Waals surface area (Å²) in [5.41, 5.74) is 2.05. The number of aryl methyl sites for hydroxylation is 1. The van der Waals surface area contributed by atoms with Crippen LogP contribution in [0.5, 0.6) is 0 Å². The molecule has 0 spiro atoms. The third-order valence-corrected chi connectivity index (χ3v) is 6.41. The second kappa shape index (κ2) is 9.47. The summed E-state index contributed by atoms with van der Waals surface area (Å²) in [4.78, 5) is 26.6. The lowest BCUT2D eigenvalue weighted by Crippen LogP contribution is -2.51.